The van der Waals surface area contributed by atoms with Crippen molar-refractivity contribution in [3.63, 3.8) is 0 Å². The third-order valence-corrected chi connectivity index (χ3v) is 4.26. The number of non-ortho nitro benzene ring substituents is 1. The average Bonchev–Trinajstić information content (AvgIpc) is 2.71. The molecule has 0 radical (unpaired) electrons. The van der Waals surface area contributed by atoms with Crippen LogP contribution in [0.2, 0.25) is 0 Å². The zero-order valence-electron chi connectivity index (χ0n) is 16.6. The number of benzene rings is 2. The first-order chi connectivity index (χ1) is 13.5. The van der Waals surface area contributed by atoms with Gasteiger partial charge in [0.1, 0.15) is 24.0 Å². The summed E-state index contributed by atoms with van der Waals surface area (Å²) in [4.78, 5) is 12.4. The number of hydrogen-bond donors (Lipinski definition) is 0. The van der Waals surface area contributed by atoms with Crippen LogP contribution in [0.25, 0.3) is 0 Å². The van der Waals surface area contributed by atoms with Crippen molar-refractivity contribution in [2.45, 2.75) is 6.42 Å². The molecule has 0 N–H and O–H groups in total. The lowest BCUT2D eigenvalue weighted by Crippen LogP contribution is -2.26. The van der Waals surface area contributed by atoms with E-state index in [9.17, 15) is 10.1 Å². The summed E-state index contributed by atoms with van der Waals surface area (Å²) < 4.78 is 16.2. The predicted octanol–water partition coefficient (Wildman–Crippen LogP) is 3.46. The van der Waals surface area contributed by atoms with Crippen molar-refractivity contribution in [1.29, 1.82) is 5.26 Å². The number of nitro benzene ring substituents is 1. The summed E-state index contributed by atoms with van der Waals surface area (Å²) in [6.45, 7) is 1.83. The van der Waals surface area contributed by atoms with Gasteiger partial charge in [-0.05, 0) is 37.2 Å². The van der Waals surface area contributed by atoms with E-state index in [2.05, 4.69) is 4.90 Å². The molecule has 0 amide bonds. The molecule has 0 unspecified atom stereocenters. The number of halogens is 1. The number of methoxy groups -OCH3 is 2. The SMILES string of the molecule is COc1ccc(CCN(C)CCOc2ccc([N+](=O)[O-])cc2C#N)cc1OC.Cl. The standard InChI is InChI=1S/C20H23N3O5.ClH/c1-22(9-8-15-4-6-19(26-2)20(12-15)27-3)10-11-28-18-7-5-17(23(24)25)13-16(18)14-21;/h4-7,12-13H,8-11H2,1-3H3;1H. The molecule has 0 spiro atoms. The minimum absolute atomic E-state index is 0. The number of nitriles is 1. The summed E-state index contributed by atoms with van der Waals surface area (Å²) in [6.07, 6.45) is 0.831. The highest BCUT2D eigenvalue weighted by molar-refractivity contribution is 5.85. The Morgan fingerprint density at radius 2 is 1.76 bits per heavy atom. The van der Waals surface area contributed by atoms with Gasteiger partial charge in [0.05, 0.1) is 19.1 Å². The second-order valence-corrected chi connectivity index (χ2v) is 6.14. The van der Waals surface area contributed by atoms with Crippen LogP contribution in [0.5, 0.6) is 17.2 Å². The Labute approximate surface area is 176 Å². The Morgan fingerprint density at radius 1 is 1.07 bits per heavy atom. The van der Waals surface area contributed by atoms with Gasteiger partial charge < -0.3 is 19.1 Å². The van der Waals surface area contributed by atoms with Gasteiger partial charge in [0.15, 0.2) is 11.5 Å². The lowest BCUT2D eigenvalue weighted by Gasteiger charge is -2.17. The molecule has 0 aliphatic heterocycles. The number of ether oxygens (including phenoxy) is 3. The van der Waals surface area contributed by atoms with Crippen LogP contribution in [0, 0.1) is 21.4 Å². The highest BCUT2D eigenvalue weighted by Gasteiger charge is 2.12. The van der Waals surface area contributed by atoms with Crippen LogP contribution in [0.3, 0.4) is 0 Å². The molecule has 0 aromatic heterocycles. The molecule has 2 rings (SSSR count). The average molecular weight is 422 g/mol. The zero-order chi connectivity index (χ0) is 20.5. The highest BCUT2D eigenvalue weighted by atomic mass is 35.5. The number of hydrogen-bond acceptors (Lipinski definition) is 7. The summed E-state index contributed by atoms with van der Waals surface area (Å²) in [7, 11) is 5.19. The first kappa shape index (κ1) is 24.0. The largest absolute Gasteiger partial charge is 0.493 e. The number of nitro groups is 1. The molecule has 29 heavy (non-hydrogen) atoms. The molecule has 8 nitrogen and oxygen atoms in total. The van der Waals surface area contributed by atoms with Crippen LogP contribution < -0.4 is 14.2 Å². The fraction of sp³-hybridized carbons (Fsp3) is 0.350. The Kier molecular flexibility index (Phi) is 9.72. The number of likely N-dealkylation sites (N-methyl/N-ethyl adjacent to an activating group) is 1. The first-order valence-electron chi connectivity index (χ1n) is 8.69. The van der Waals surface area contributed by atoms with Crippen LogP contribution in [0.15, 0.2) is 36.4 Å². The third-order valence-electron chi connectivity index (χ3n) is 4.26. The van der Waals surface area contributed by atoms with Gasteiger partial charge in [0.2, 0.25) is 0 Å². The van der Waals surface area contributed by atoms with Crippen molar-refractivity contribution in [3.05, 3.63) is 57.6 Å². The van der Waals surface area contributed by atoms with Crippen LogP contribution in [0.1, 0.15) is 11.1 Å². The second kappa shape index (κ2) is 11.7. The Balaban J connectivity index is 0.00000420. The van der Waals surface area contributed by atoms with Crippen molar-refractivity contribution in [2.75, 3.05) is 41.0 Å². The molecule has 0 saturated heterocycles. The maximum absolute atomic E-state index is 10.8. The van der Waals surface area contributed by atoms with E-state index in [1.54, 1.807) is 14.2 Å². The minimum atomic E-state index is -0.535. The maximum Gasteiger partial charge on any atom is 0.271 e. The maximum atomic E-state index is 10.8. The van der Waals surface area contributed by atoms with E-state index in [1.807, 2.05) is 31.3 Å². The van der Waals surface area contributed by atoms with E-state index in [4.69, 9.17) is 19.5 Å². The van der Waals surface area contributed by atoms with Gasteiger partial charge in [-0.15, -0.1) is 12.4 Å². The van der Waals surface area contributed by atoms with Gasteiger partial charge in [-0.25, -0.2) is 0 Å². The summed E-state index contributed by atoms with van der Waals surface area (Å²) in [6, 6.07) is 11.8. The molecular weight excluding hydrogens is 398 g/mol. The van der Waals surface area contributed by atoms with E-state index in [-0.39, 0.29) is 23.7 Å². The van der Waals surface area contributed by atoms with Gasteiger partial charge in [-0.2, -0.15) is 5.26 Å². The van der Waals surface area contributed by atoms with Crippen LogP contribution in [-0.4, -0.2) is 50.8 Å². The molecule has 0 saturated carbocycles. The van der Waals surface area contributed by atoms with Crippen molar-refractivity contribution in [3.8, 4) is 23.3 Å². The molecule has 2 aromatic carbocycles. The molecule has 0 aliphatic carbocycles. The summed E-state index contributed by atoms with van der Waals surface area (Å²) in [5, 5.41) is 19.9. The summed E-state index contributed by atoms with van der Waals surface area (Å²) in [5.41, 5.74) is 1.16. The van der Waals surface area contributed by atoms with Crippen LogP contribution >= 0.6 is 12.4 Å². The molecule has 0 heterocycles. The molecule has 0 atom stereocenters. The molecule has 0 bridgehead atoms. The lowest BCUT2D eigenvalue weighted by molar-refractivity contribution is -0.384. The minimum Gasteiger partial charge on any atom is -0.493 e. The smallest absolute Gasteiger partial charge is 0.271 e. The predicted molar refractivity (Wildman–Crippen MR) is 111 cm³/mol. The van der Waals surface area contributed by atoms with Gasteiger partial charge in [0, 0.05) is 25.2 Å². The van der Waals surface area contributed by atoms with Gasteiger partial charge >= 0.3 is 0 Å². The van der Waals surface area contributed by atoms with Crippen LogP contribution in [0.4, 0.5) is 5.69 Å². The summed E-state index contributed by atoms with van der Waals surface area (Å²) >= 11 is 0. The van der Waals surface area contributed by atoms with Gasteiger partial charge in [0.25, 0.3) is 5.69 Å². The molecular formula is C20H24ClN3O5. The van der Waals surface area contributed by atoms with Crippen molar-refractivity contribution in [2.24, 2.45) is 0 Å². The molecule has 0 fully saturated rings. The molecule has 0 aliphatic rings. The summed E-state index contributed by atoms with van der Waals surface area (Å²) in [5.74, 6) is 1.75. The van der Waals surface area contributed by atoms with Crippen molar-refractivity contribution in [1.82, 2.24) is 4.90 Å². The third kappa shape index (κ3) is 6.82. The van der Waals surface area contributed by atoms with E-state index in [1.165, 1.54) is 18.2 Å². The van der Waals surface area contributed by atoms with E-state index in [0.29, 0.717) is 30.4 Å². The molecule has 156 valence electrons. The monoisotopic (exact) mass is 421 g/mol. The number of nitrogens with zero attached hydrogens (tertiary/aromatic N) is 3. The van der Waals surface area contributed by atoms with Gasteiger partial charge in [-0.1, -0.05) is 6.07 Å². The van der Waals surface area contributed by atoms with E-state index >= 15 is 0 Å². The topological polar surface area (TPSA) is 97.9 Å². The van der Waals surface area contributed by atoms with Crippen molar-refractivity contribution < 1.29 is 19.1 Å². The fourth-order valence-corrected chi connectivity index (χ4v) is 2.62. The molecule has 2 aromatic rings. The second-order valence-electron chi connectivity index (χ2n) is 6.14. The van der Waals surface area contributed by atoms with Crippen molar-refractivity contribution >= 4 is 18.1 Å². The van der Waals surface area contributed by atoms with E-state index in [0.717, 1.165) is 18.5 Å². The lowest BCUT2D eigenvalue weighted by atomic mass is 10.1. The quantitative estimate of drug-likeness (QED) is 0.428. The highest BCUT2D eigenvalue weighted by Crippen LogP contribution is 2.27. The van der Waals surface area contributed by atoms with Crippen LogP contribution in [-0.2, 0) is 6.42 Å². The number of rotatable bonds is 10. The normalized spacial score (nSPS) is 10.0. The molecule has 9 heteroatoms. The fourth-order valence-electron chi connectivity index (χ4n) is 2.62. The Morgan fingerprint density at radius 3 is 2.38 bits per heavy atom. The Bertz CT molecular complexity index is 870. The Hall–Kier alpha value is -3.02. The first-order valence-corrected chi connectivity index (χ1v) is 8.69. The van der Waals surface area contributed by atoms with Gasteiger partial charge in [-0.3, -0.25) is 10.1 Å². The van der Waals surface area contributed by atoms with E-state index < -0.39 is 4.92 Å². The zero-order valence-corrected chi connectivity index (χ0v) is 17.4.